The van der Waals surface area contributed by atoms with Crippen molar-refractivity contribution in [3.63, 3.8) is 0 Å². The van der Waals surface area contributed by atoms with Crippen molar-refractivity contribution in [2.75, 3.05) is 19.3 Å². The predicted octanol–water partition coefficient (Wildman–Crippen LogP) is 4.03. The number of benzene rings is 1. The van der Waals surface area contributed by atoms with E-state index in [2.05, 4.69) is 41.0 Å². The van der Waals surface area contributed by atoms with Crippen molar-refractivity contribution in [1.29, 1.82) is 0 Å². The van der Waals surface area contributed by atoms with E-state index < -0.39 is 0 Å². The van der Waals surface area contributed by atoms with Crippen LogP contribution in [0.15, 0.2) is 29.3 Å². The molecule has 0 radical (unpaired) electrons. The quantitative estimate of drug-likeness (QED) is 0.297. The Morgan fingerprint density at radius 2 is 1.81 bits per heavy atom. The highest BCUT2D eigenvalue weighted by Gasteiger charge is 2.17. The van der Waals surface area contributed by atoms with E-state index >= 15 is 0 Å². The van der Waals surface area contributed by atoms with E-state index in [0.717, 1.165) is 24.6 Å². The van der Waals surface area contributed by atoms with E-state index in [4.69, 9.17) is 0 Å². The summed E-state index contributed by atoms with van der Waals surface area (Å²) in [4.78, 5) is 17.0. The van der Waals surface area contributed by atoms with Gasteiger partial charge in [0.25, 0.3) is 5.91 Å². The number of nitrogens with zero attached hydrogens (tertiary/aromatic N) is 1. The van der Waals surface area contributed by atoms with Crippen LogP contribution >= 0.6 is 35.7 Å². The second-order valence-electron chi connectivity index (χ2n) is 7.92. The first kappa shape index (κ1) is 26.0. The molecule has 3 N–H and O–H groups in total. The summed E-state index contributed by atoms with van der Waals surface area (Å²) in [7, 11) is 0. The average molecular weight is 506 g/mol. The molecule has 7 heteroatoms. The number of halogens is 1. The van der Waals surface area contributed by atoms with Gasteiger partial charge in [0.05, 0.1) is 6.54 Å². The number of rotatable bonds is 7. The molecule has 0 fully saturated rings. The van der Waals surface area contributed by atoms with Gasteiger partial charge in [0.1, 0.15) is 0 Å². The topological polar surface area (TPSA) is 65.5 Å². The van der Waals surface area contributed by atoms with Crippen molar-refractivity contribution in [2.24, 2.45) is 4.99 Å². The van der Waals surface area contributed by atoms with Crippen LogP contribution in [0.4, 0.5) is 0 Å². The molecule has 0 aromatic heterocycles. The fourth-order valence-electron chi connectivity index (χ4n) is 2.10. The fourth-order valence-corrected chi connectivity index (χ4v) is 2.32. The molecule has 0 bridgehead atoms. The molecule has 0 unspecified atom stereocenters. The van der Waals surface area contributed by atoms with Gasteiger partial charge >= 0.3 is 0 Å². The van der Waals surface area contributed by atoms with Crippen LogP contribution in [0.2, 0.25) is 0 Å². The van der Waals surface area contributed by atoms with Crippen molar-refractivity contribution in [2.45, 2.75) is 58.4 Å². The van der Waals surface area contributed by atoms with Crippen LogP contribution in [0.5, 0.6) is 0 Å². The summed E-state index contributed by atoms with van der Waals surface area (Å²) in [6, 6.07) is 7.63. The minimum atomic E-state index is -0.253. The maximum Gasteiger partial charge on any atom is 0.251 e. The average Bonchev–Trinajstić information content (AvgIpc) is 2.56. The minimum Gasteiger partial charge on any atom is -0.357 e. The van der Waals surface area contributed by atoms with Crippen molar-refractivity contribution >= 4 is 47.6 Å². The van der Waals surface area contributed by atoms with E-state index in [-0.39, 0.29) is 40.2 Å². The van der Waals surface area contributed by atoms with Crippen LogP contribution in [0.1, 0.15) is 57.5 Å². The third-order valence-electron chi connectivity index (χ3n) is 3.68. The molecule has 0 heterocycles. The molecule has 1 aromatic carbocycles. The Balaban J connectivity index is 0.00000676. The standard InChI is InChI=1S/C20H34N4OS.HI/c1-8-21-18(23-14-20(5,6)26-7)22-13-15-10-9-11-16(12-15)17(25)24-19(2,3)4;/h9-12H,8,13-14H2,1-7H3,(H,24,25)(H2,21,22,23);1H. The molecule has 0 atom stereocenters. The van der Waals surface area contributed by atoms with Gasteiger partial charge in [-0.05, 0) is 65.5 Å². The Kier molecular flexibility index (Phi) is 11.4. The summed E-state index contributed by atoms with van der Waals surface area (Å²) in [5, 5.41) is 9.65. The van der Waals surface area contributed by atoms with Crippen molar-refractivity contribution in [1.82, 2.24) is 16.0 Å². The molecule has 0 saturated carbocycles. The Bertz CT molecular complexity index is 627. The summed E-state index contributed by atoms with van der Waals surface area (Å²) in [6.45, 7) is 14.5. The summed E-state index contributed by atoms with van der Waals surface area (Å²) >= 11 is 1.82. The zero-order chi connectivity index (χ0) is 19.8. The van der Waals surface area contributed by atoms with E-state index in [9.17, 15) is 4.79 Å². The lowest BCUT2D eigenvalue weighted by Crippen LogP contribution is -2.43. The zero-order valence-corrected chi connectivity index (χ0v) is 20.7. The third kappa shape index (κ3) is 10.8. The number of amides is 1. The molecule has 0 saturated heterocycles. The Hall–Kier alpha value is -0.960. The summed E-state index contributed by atoms with van der Waals surface area (Å²) < 4.78 is 0.140. The van der Waals surface area contributed by atoms with Crippen LogP contribution in [-0.4, -0.2) is 41.5 Å². The van der Waals surface area contributed by atoms with Gasteiger partial charge in [-0.2, -0.15) is 11.8 Å². The van der Waals surface area contributed by atoms with Gasteiger partial charge in [-0.25, -0.2) is 4.99 Å². The Morgan fingerprint density at radius 1 is 1.15 bits per heavy atom. The molecule has 5 nitrogen and oxygen atoms in total. The lowest BCUT2D eigenvalue weighted by molar-refractivity contribution is 0.0919. The number of nitrogens with one attached hydrogen (secondary N) is 3. The smallest absolute Gasteiger partial charge is 0.251 e. The lowest BCUT2D eigenvalue weighted by atomic mass is 10.1. The number of aliphatic imine (C=N–C) groups is 1. The van der Waals surface area contributed by atoms with Gasteiger partial charge in [-0.3, -0.25) is 4.79 Å². The molecule has 0 spiro atoms. The molecule has 0 aliphatic rings. The predicted molar refractivity (Wildman–Crippen MR) is 129 cm³/mol. The molecule has 27 heavy (non-hydrogen) atoms. The van der Waals surface area contributed by atoms with Crippen LogP contribution < -0.4 is 16.0 Å². The maximum absolute atomic E-state index is 12.3. The molecule has 0 aliphatic carbocycles. The molecule has 0 aliphatic heterocycles. The molecular weight excluding hydrogens is 471 g/mol. The van der Waals surface area contributed by atoms with E-state index in [0.29, 0.717) is 12.1 Å². The van der Waals surface area contributed by atoms with Gasteiger partial charge in [-0.15, -0.1) is 24.0 Å². The second kappa shape index (κ2) is 11.8. The SMILES string of the molecule is CCNC(=NCc1cccc(C(=O)NC(C)(C)C)c1)NCC(C)(C)SC.I. The maximum atomic E-state index is 12.3. The van der Waals surface area contributed by atoms with E-state index in [1.165, 1.54) is 0 Å². The Morgan fingerprint density at radius 3 is 2.37 bits per heavy atom. The fraction of sp³-hybridized carbons (Fsp3) is 0.600. The number of thioether (sulfide) groups is 1. The molecule has 1 amide bonds. The van der Waals surface area contributed by atoms with Crippen LogP contribution in [0.3, 0.4) is 0 Å². The first-order chi connectivity index (χ1) is 12.1. The first-order valence-corrected chi connectivity index (χ1v) is 10.3. The monoisotopic (exact) mass is 506 g/mol. The lowest BCUT2D eigenvalue weighted by Gasteiger charge is -2.23. The zero-order valence-electron chi connectivity index (χ0n) is 17.6. The van der Waals surface area contributed by atoms with E-state index in [1.807, 2.05) is 63.7 Å². The van der Waals surface area contributed by atoms with Crippen LogP contribution in [0, 0.1) is 0 Å². The minimum absolute atomic E-state index is 0. The number of carbonyl (C=O) groups is 1. The highest BCUT2D eigenvalue weighted by atomic mass is 127. The molecule has 1 rings (SSSR count). The summed E-state index contributed by atoms with van der Waals surface area (Å²) in [5.41, 5.74) is 1.42. The van der Waals surface area contributed by atoms with Crippen molar-refractivity contribution in [3.05, 3.63) is 35.4 Å². The third-order valence-corrected chi connectivity index (χ3v) is 4.93. The highest BCUT2D eigenvalue weighted by Crippen LogP contribution is 2.19. The second-order valence-corrected chi connectivity index (χ2v) is 9.43. The van der Waals surface area contributed by atoms with Crippen LogP contribution in [-0.2, 0) is 6.54 Å². The largest absolute Gasteiger partial charge is 0.357 e. The number of carbonyl (C=O) groups excluding carboxylic acids is 1. The Labute approximate surface area is 186 Å². The summed E-state index contributed by atoms with van der Waals surface area (Å²) in [5.74, 6) is 0.731. The number of hydrogen-bond donors (Lipinski definition) is 3. The van der Waals surface area contributed by atoms with Crippen molar-refractivity contribution in [3.8, 4) is 0 Å². The first-order valence-electron chi connectivity index (χ1n) is 9.05. The normalized spacial score (nSPS) is 12.2. The molecule has 154 valence electrons. The van der Waals surface area contributed by atoms with Gasteiger partial charge < -0.3 is 16.0 Å². The summed E-state index contributed by atoms with van der Waals surface area (Å²) in [6.07, 6.45) is 2.11. The van der Waals surface area contributed by atoms with Gasteiger partial charge in [0.2, 0.25) is 0 Å². The van der Waals surface area contributed by atoms with E-state index in [1.54, 1.807) is 0 Å². The highest BCUT2D eigenvalue weighted by molar-refractivity contribution is 14.0. The van der Waals surface area contributed by atoms with Gasteiger partial charge in [0, 0.05) is 28.9 Å². The van der Waals surface area contributed by atoms with Crippen molar-refractivity contribution < 1.29 is 4.79 Å². The van der Waals surface area contributed by atoms with Gasteiger partial charge in [0.15, 0.2) is 5.96 Å². The van der Waals surface area contributed by atoms with Gasteiger partial charge in [-0.1, -0.05) is 12.1 Å². The molecule has 1 aromatic rings. The number of guanidine groups is 1. The number of hydrogen-bond acceptors (Lipinski definition) is 3. The molecular formula is C20H35IN4OS. The van der Waals surface area contributed by atoms with Crippen LogP contribution in [0.25, 0.3) is 0 Å².